The molecule has 0 spiro atoms. The summed E-state index contributed by atoms with van der Waals surface area (Å²) in [5, 5.41) is 29.4. The molecule has 0 radical (unpaired) electrons. The van der Waals surface area contributed by atoms with E-state index in [2.05, 4.69) is 55.6 Å². The van der Waals surface area contributed by atoms with Gasteiger partial charge in [-0.2, -0.15) is 20.6 Å². The maximum absolute atomic E-state index is 12.8. The Balaban J connectivity index is 0.000000192. The number of urea groups is 3. The van der Waals surface area contributed by atoms with Crippen LogP contribution in [0.15, 0.2) is 51.5 Å². The molecule has 0 aromatic carbocycles. The molecule has 0 bridgehead atoms. The van der Waals surface area contributed by atoms with Crippen molar-refractivity contribution in [2.75, 3.05) is 42.4 Å². The zero-order valence-electron chi connectivity index (χ0n) is 53.0. The molecule has 6 aromatic rings. The molecule has 0 unspecified atom stereocenters. The minimum Gasteiger partial charge on any atom is -0.478 e. The first-order valence-corrected chi connectivity index (χ1v) is 34.0. The number of nitrogens with one attached hydrogen (secondary N) is 6. The second-order valence-electron chi connectivity index (χ2n) is 23.1. The van der Waals surface area contributed by atoms with Crippen LogP contribution in [0.5, 0.6) is 23.5 Å². The fourth-order valence-electron chi connectivity index (χ4n) is 9.81. The molecule has 0 saturated carbocycles. The summed E-state index contributed by atoms with van der Waals surface area (Å²) in [5.41, 5.74) is 6.77. The highest BCUT2D eigenvalue weighted by Crippen LogP contribution is 2.37. The molecule has 32 heteroatoms. The number of nitriles is 1. The number of nitrogens with zero attached hydrogens (tertiary/aromatic N) is 10. The zero-order valence-corrected chi connectivity index (χ0v) is 55.5. The molecule has 3 aliphatic rings. The zero-order chi connectivity index (χ0) is 66.2. The predicted octanol–water partition coefficient (Wildman–Crippen LogP) is 9.03. The van der Waals surface area contributed by atoms with Crippen LogP contribution in [0.2, 0.25) is 0 Å². The van der Waals surface area contributed by atoms with E-state index in [9.17, 15) is 44.9 Å². The Morgan fingerprint density at radius 3 is 1.19 bits per heavy atom. The van der Waals surface area contributed by atoms with Crippen LogP contribution in [0.3, 0.4) is 0 Å². The molecule has 0 aliphatic carbocycles. The van der Waals surface area contributed by atoms with E-state index in [-0.39, 0.29) is 73.5 Å². The number of rotatable bonds is 17. The maximum atomic E-state index is 12.8. The van der Waals surface area contributed by atoms with Crippen LogP contribution >= 0.6 is 0 Å². The van der Waals surface area contributed by atoms with Crippen molar-refractivity contribution in [1.29, 1.82) is 5.26 Å². The molecular weight excluding hydrogens is 1220 g/mol. The van der Waals surface area contributed by atoms with Crippen LogP contribution in [0.1, 0.15) is 190 Å². The molecule has 9 rings (SSSR count). The number of ether oxygens (including phenoxy) is 4. The number of amides is 6. The van der Waals surface area contributed by atoms with Gasteiger partial charge < -0.3 is 34.9 Å². The number of pyridine rings is 3. The van der Waals surface area contributed by atoms with E-state index in [1.165, 1.54) is 32.6 Å². The first-order chi connectivity index (χ1) is 42.4. The standard InChI is InChI=1S/C20H29N5O5S.C19H24N6O4S.C19H27N5O4S/c1-6-29-16-10-14(12(2)3)18(17(22-16)13(4)5)23-20(26)24-31(27,28)15-11-21-25-8-7-9-30-19(15)25;1-11(2)14-8-13(9-20)22-16(12(3)4)17(14)23-19(26)24-30(27,28)15-10-21-25-6-5-7-29-18(15)25;1-11(2)14-9-13(5)21-16(12(3)4)17(14)22-19(25)23-29(26,27)15-10-20-24-7-6-8-28-18(15)24/h10-13H,6-9H2,1-5H3,(H2,23,24,26);8,10-12H,5-7H2,1-4H3,(H2,23,24,26);9-12H,6-8H2,1-5H3,(H2,22,23,25). The maximum Gasteiger partial charge on any atom is 0.333 e. The van der Waals surface area contributed by atoms with Crippen molar-refractivity contribution in [3.05, 3.63) is 81.9 Å². The molecule has 6 aromatic heterocycles. The Labute approximate surface area is 525 Å². The van der Waals surface area contributed by atoms with Gasteiger partial charge in [-0.05, 0) is 78.2 Å². The SMILES string of the molecule is CC(C)c1cc(C#N)nc(C(C)C)c1NC(=O)NS(=O)(=O)c1cnn2c1OCCC2.CCOc1cc(C(C)C)c(NC(=O)NS(=O)(=O)c2cnn3c2OCCC3)c(C(C)C)n1.Cc1cc(C(C)C)c(NC(=O)NS(=O)(=O)c2cnn3c2OCCC3)c(C(C)C)n1. The lowest BCUT2D eigenvalue weighted by Crippen LogP contribution is -2.35. The highest BCUT2D eigenvalue weighted by molar-refractivity contribution is 7.90. The molecule has 9 heterocycles. The van der Waals surface area contributed by atoms with Crippen molar-refractivity contribution < 1.29 is 58.6 Å². The van der Waals surface area contributed by atoms with Gasteiger partial charge in [0.15, 0.2) is 14.7 Å². The first kappa shape index (κ1) is 68.9. The highest BCUT2D eigenvalue weighted by atomic mass is 32.2. The number of aromatic nitrogens is 9. The lowest BCUT2D eigenvalue weighted by Gasteiger charge is -2.21. The Morgan fingerprint density at radius 2 is 0.856 bits per heavy atom. The summed E-state index contributed by atoms with van der Waals surface area (Å²) in [6, 6.07) is 4.64. The van der Waals surface area contributed by atoms with E-state index in [0.717, 1.165) is 36.1 Å². The average Bonchev–Trinajstić information content (AvgIpc) is 1.69. The van der Waals surface area contributed by atoms with Gasteiger partial charge in [-0.15, -0.1) is 0 Å². The molecule has 0 fully saturated rings. The number of carbonyl (C=O) groups is 3. The Hall–Kier alpha value is -8.57. The number of hydrogen-bond donors (Lipinski definition) is 6. The number of sulfonamides is 3. The fraction of sp³-hybridized carbons (Fsp3) is 0.517. The molecule has 0 saturated heterocycles. The fourth-order valence-corrected chi connectivity index (χ4v) is 12.8. The smallest absolute Gasteiger partial charge is 0.333 e. The highest BCUT2D eigenvalue weighted by Gasteiger charge is 2.33. The van der Waals surface area contributed by atoms with Crippen molar-refractivity contribution in [3.8, 4) is 29.6 Å². The van der Waals surface area contributed by atoms with Gasteiger partial charge in [0.05, 0.1) is 79.2 Å². The quantitative estimate of drug-likeness (QED) is 0.0495. The number of anilines is 3. The largest absolute Gasteiger partial charge is 0.478 e. The minimum atomic E-state index is -4.20. The lowest BCUT2D eigenvalue weighted by atomic mass is 9.96. The summed E-state index contributed by atoms with van der Waals surface area (Å²) in [6.45, 7) is 30.5. The molecule has 3 aliphatic heterocycles. The molecule has 488 valence electrons. The summed E-state index contributed by atoms with van der Waals surface area (Å²) < 4.78 is 109. The van der Waals surface area contributed by atoms with Crippen LogP contribution < -0.4 is 49.1 Å². The van der Waals surface area contributed by atoms with Crippen LogP contribution in [-0.2, 0) is 49.7 Å². The lowest BCUT2D eigenvalue weighted by molar-refractivity contribution is 0.224. The number of carbonyl (C=O) groups excluding carboxylic acids is 3. The normalized spacial score (nSPS) is 13.7. The number of aryl methyl sites for hydroxylation is 4. The number of fused-ring (bicyclic) bond motifs is 3. The second kappa shape index (κ2) is 28.9. The third-order valence-electron chi connectivity index (χ3n) is 14.1. The van der Waals surface area contributed by atoms with Gasteiger partial charge in [0, 0.05) is 50.7 Å². The van der Waals surface area contributed by atoms with Crippen molar-refractivity contribution in [3.63, 3.8) is 0 Å². The summed E-state index contributed by atoms with van der Waals surface area (Å²) in [7, 11) is -12.5. The summed E-state index contributed by atoms with van der Waals surface area (Å²) in [4.78, 5) is 50.8. The monoisotopic (exact) mass is 1300 g/mol. The van der Waals surface area contributed by atoms with Crippen molar-refractivity contribution in [2.45, 2.75) is 186 Å². The average molecular weight is 1310 g/mol. The van der Waals surface area contributed by atoms with Crippen LogP contribution in [0, 0.1) is 18.3 Å². The van der Waals surface area contributed by atoms with Crippen LogP contribution in [-0.4, -0.2) is 114 Å². The van der Waals surface area contributed by atoms with E-state index < -0.39 is 48.2 Å². The van der Waals surface area contributed by atoms with Crippen molar-refractivity contribution in [2.24, 2.45) is 0 Å². The van der Waals surface area contributed by atoms with Gasteiger partial charge in [0.25, 0.3) is 30.1 Å². The van der Waals surface area contributed by atoms with Gasteiger partial charge in [0.2, 0.25) is 23.5 Å². The number of hydrogen-bond acceptors (Lipinski definition) is 20. The second-order valence-corrected chi connectivity index (χ2v) is 28.1. The third-order valence-corrected chi connectivity index (χ3v) is 18.0. The van der Waals surface area contributed by atoms with Crippen LogP contribution in [0.25, 0.3) is 0 Å². The first-order valence-electron chi connectivity index (χ1n) is 29.6. The van der Waals surface area contributed by atoms with Crippen LogP contribution in [0.4, 0.5) is 31.4 Å². The third kappa shape index (κ3) is 16.2. The van der Waals surface area contributed by atoms with E-state index >= 15 is 0 Å². The van der Waals surface area contributed by atoms with E-state index in [1.807, 2.05) is 114 Å². The molecule has 29 nitrogen and oxygen atoms in total. The minimum absolute atomic E-state index is 0.0269. The Bertz CT molecular complexity index is 3930. The van der Waals surface area contributed by atoms with E-state index in [0.29, 0.717) is 91.6 Å². The summed E-state index contributed by atoms with van der Waals surface area (Å²) >= 11 is 0. The Morgan fingerprint density at radius 1 is 0.522 bits per heavy atom. The van der Waals surface area contributed by atoms with Gasteiger partial charge in [0.1, 0.15) is 11.8 Å². The Kier molecular flexibility index (Phi) is 22.2. The predicted molar refractivity (Wildman–Crippen MR) is 333 cm³/mol. The topological polar surface area (TPSA) is 379 Å². The summed E-state index contributed by atoms with van der Waals surface area (Å²) in [6.07, 6.45) is 5.76. The van der Waals surface area contributed by atoms with Gasteiger partial charge >= 0.3 is 18.1 Å². The van der Waals surface area contributed by atoms with Gasteiger partial charge in [-0.1, -0.05) is 83.1 Å². The van der Waals surface area contributed by atoms with Gasteiger partial charge in [-0.25, -0.2) is 77.8 Å². The van der Waals surface area contributed by atoms with Crippen molar-refractivity contribution in [1.82, 2.24) is 58.5 Å². The van der Waals surface area contributed by atoms with E-state index in [4.69, 9.17) is 18.9 Å². The molecule has 90 heavy (non-hydrogen) atoms. The molecule has 6 N–H and O–H groups in total. The molecular formula is C58H80N16O13S3. The van der Waals surface area contributed by atoms with E-state index in [1.54, 1.807) is 12.1 Å². The van der Waals surface area contributed by atoms with Gasteiger partial charge in [-0.3, -0.25) is 4.98 Å². The molecule has 0 atom stereocenters. The summed E-state index contributed by atoms with van der Waals surface area (Å²) in [5.74, 6) is 0.944. The van der Waals surface area contributed by atoms with Crippen molar-refractivity contribution >= 4 is 65.2 Å². The molecule has 6 amide bonds.